The summed E-state index contributed by atoms with van der Waals surface area (Å²) in [6.07, 6.45) is 3.65. The van der Waals surface area contributed by atoms with Gasteiger partial charge in [0.15, 0.2) is 11.6 Å². The molecule has 2 aromatic carbocycles. The van der Waals surface area contributed by atoms with Gasteiger partial charge in [-0.3, -0.25) is 5.10 Å². The number of aliphatic carboxylic acids is 1. The number of aromatic amines is 1. The van der Waals surface area contributed by atoms with Crippen molar-refractivity contribution in [2.75, 3.05) is 20.3 Å². The van der Waals surface area contributed by atoms with E-state index < -0.39 is 17.5 Å². The van der Waals surface area contributed by atoms with Gasteiger partial charge in [-0.15, -0.1) is 0 Å². The van der Waals surface area contributed by atoms with Crippen molar-refractivity contribution in [2.45, 2.75) is 49.6 Å². The molecule has 9 heteroatoms. The van der Waals surface area contributed by atoms with Crippen molar-refractivity contribution < 1.29 is 28.2 Å². The summed E-state index contributed by atoms with van der Waals surface area (Å²) in [5.41, 5.74) is 2.21. The summed E-state index contributed by atoms with van der Waals surface area (Å²) < 4.78 is 42.7. The Morgan fingerprint density at radius 1 is 1.22 bits per heavy atom. The molecule has 7 nitrogen and oxygen atoms in total. The first-order valence-corrected chi connectivity index (χ1v) is 12.2. The lowest BCUT2D eigenvalue weighted by molar-refractivity contribution is -0.150. The fourth-order valence-electron chi connectivity index (χ4n) is 6.07. The Hall–Kier alpha value is -3.46. The van der Waals surface area contributed by atoms with Crippen molar-refractivity contribution in [2.24, 2.45) is 0 Å². The molecular formula is C27H27F2N3O4. The van der Waals surface area contributed by atoms with Crippen LogP contribution in [0, 0.1) is 5.82 Å². The SMILES string of the molecule is COc1cc(-n2c(C3CCOCC3)c([C@@H]3CC[C@@](F)(C(=O)O)C3)c3cc4[nH]ncc4cc32)ccc1F. The molecular weight excluding hydrogens is 468 g/mol. The maximum Gasteiger partial charge on any atom is 0.341 e. The lowest BCUT2D eigenvalue weighted by Crippen LogP contribution is -2.30. The molecule has 188 valence electrons. The number of halogens is 2. The second kappa shape index (κ2) is 8.58. The minimum absolute atomic E-state index is 0.0242. The van der Waals surface area contributed by atoms with Crippen molar-refractivity contribution in [1.82, 2.24) is 14.8 Å². The Morgan fingerprint density at radius 3 is 2.75 bits per heavy atom. The number of carbonyl (C=O) groups is 1. The van der Waals surface area contributed by atoms with Crippen LogP contribution in [-0.2, 0) is 9.53 Å². The average molecular weight is 496 g/mol. The van der Waals surface area contributed by atoms with E-state index in [0.29, 0.717) is 19.6 Å². The van der Waals surface area contributed by atoms with E-state index in [2.05, 4.69) is 14.8 Å². The smallest absolute Gasteiger partial charge is 0.341 e. The van der Waals surface area contributed by atoms with Gasteiger partial charge < -0.3 is 19.1 Å². The third kappa shape index (κ3) is 3.56. The Kier molecular flexibility index (Phi) is 5.48. The number of hydrogen-bond donors (Lipinski definition) is 2. The molecule has 6 rings (SSSR count). The van der Waals surface area contributed by atoms with E-state index in [0.717, 1.165) is 51.6 Å². The zero-order valence-electron chi connectivity index (χ0n) is 19.9. The first-order valence-electron chi connectivity index (χ1n) is 12.2. The van der Waals surface area contributed by atoms with E-state index in [1.54, 1.807) is 18.3 Å². The van der Waals surface area contributed by atoms with E-state index in [4.69, 9.17) is 9.47 Å². The van der Waals surface area contributed by atoms with Crippen LogP contribution in [0.2, 0.25) is 0 Å². The van der Waals surface area contributed by atoms with Gasteiger partial charge in [0.2, 0.25) is 5.67 Å². The molecule has 36 heavy (non-hydrogen) atoms. The summed E-state index contributed by atoms with van der Waals surface area (Å²) in [4.78, 5) is 11.8. The van der Waals surface area contributed by atoms with Gasteiger partial charge in [-0.25, -0.2) is 13.6 Å². The first kappa shape index (κ1) is 23.0. The van der Waals surface area contributed by atoms with E-state index in [1.165, 1.54) is 13.2 Å². The number of nitrogens with one attached hydrogen (secondary N) is 1. The van der Waals surface area contributed by atoms with Crippen molar-refractivity contribution in [3.8, 4) is 11.4 Å². The van der Waals surface area contributed by atoms with E-state index in [1.807, 2.05) is 12.1 Å². The van der Waals surface area contributed by atoms with Gasteiger partial charge in [0.05, 0.1) is 24.3 Å². The quantitative estimate of drug-likeness (QED) is 0.376. The summed E-state index contributed by atoms with van der Waals surface area (Å²) in [7, 11) is 1.43. The molecule has 3 heterocycles. The summed E-state index contributed by atoms with van der Waals surface area (Å²) in [6.45, 7) is 1.21. The maximum absolute atomic E-state index is 15.3. The molecule has 1 aliphatic heterocycles. The lowest BCUT2D eigenvalue weighted by atomic mass is 9.86. The second-order valence-corrected chi connectivity index (χ2v) is 9.88. The second-order valence-electron chi connectivity index (χ2n) is 9.88. The Bertz CT molecular complexity index is 1470. The molecule has 0 bridgehead atoms. The molecule has 1 aliphatic carbocycles. The molecule has 0 unspecified atom stereocenters. The highest BCUT2D eigenvalue weighted by Gasteiger charge is 2.48. The Labute approximate surface area is 206 Å². The van der Waals surface area contributed by atoms with Crippen molar-refractivity contribution in [1.29, 1.82) is 0 Å². The lowest BCUT2D eigenvalue weighted by Gasteiger charge is -2.27. The molecule has 0 amide bonds. The fourth-order valence-corrected chi connectivity index (χ4v) is 6.07. The number of aromatic nitrogens is 3. The highest BCUT2D eigenvalue weighted by Crippen LogP contribution is 2.50. The molecule has 2 aromatic heterocycles. The largest absolute Gasteiger partial charge is 0.494 e. The van der Waals surface area contributed by atoms with Crippen molar-refractivity contribution in [3.63, 3.8) is 0 Å². The molecule has 1 saturated heterocycles. The standard InChI is InChI=1S/C27H27F2N3O4/c1-35-23-11-18(2-3-20(23)28)32-22-10-17-14-30-31-21(17)12-19(22)24(25(32)15-5-8-36-9-6-15)16-4-7-27(29,13-16)26(33)34/h2-3,10-12,14-16H,4-9,13H2,1H3,(H,30,31)(H,33,34)/t16-,27+/m1/s1. The van der Waals surface area contributed by atoms with E-state index in [-0.39, 0.29) is 30.4 Å². The van der Waals surface area contributed by atoms with Gasteiger partial charge in [-0.05, 0) is 67.9 Å². The number of carboxylic acid groups (broad SMARTS) is 1. The van der Waals surface area contributed by atoms with Crippen LogP contribution in [-0.4, -0.2) is 51.8 Å². The van der Waals surface area contributed by atoms with Crippen LogP contribution in [0.5, 0.6) is 5.75 Å². The normalized spacial score (nSPS) is 23.0. The number of ether oxygens (including phenoxy) is 2. The topological polar surface area (TPSA) is 89.4 Å². The van der Waals surface area contributed by atoms with Crippen molar-refractivity contribution in [3.05, 3.63) is 53.6 Å². The fraction of sp³-hybridized carbons (Fsp3) is 0.407. The first-order chi connectivity index (χ1) is 17.4. The number of fused-ring (bicyclic) bond motifs is 2. The minimum Gasteiger partial charge on any atom is -0.494 e. The van der Waals surface area contributed by atoms with Crippen LogP contribution < -0.4 is 4.74 Å². The van der Waals surface area contributed by atoms with Crippen LogP contribution >= 0.6 is 0 Å². The number of benzene rings is 2. The third-order valence-corrected chi connectivity index (χ3v) is 7.86. The maximum atomic E-state index is 15.3. The van der Waals surface area contributed by atoms with Gasteiger partial charge in [-0.1, -0.05) is 0 Å². The predicted molar refractivity (Wildman–Crippen MR) is 130 cm³/mol. The van der Waals surface area contributed by atoms with Gasteiger partial charge >= 0.3 is 5.97 Å². The van der Waals surface area contributed by atoms with Crippen LogP contribution in [0.1, 0.15) is 55.2 Å². The molecule has 1 saturated carbocycles. The number of alkyl halides is 1. The number of nitrogens with zero attached hydrogens (tertiary/aromatic N) is 2. The summed E-state index contributed by atoms with van der Waals surface area (Å²) >= 11 is 0. The minimum atomic E-state index is -2.25. The number of H-pyrrole nitrogens is 1. The van der Waals surface area contributed by atoms with Gasteiger partial charge in [0.1, 0.15) is 0 Å². The average Bonchev–Trinajstić information content (AvgIpc) is 3.59. The van der Waals surface area contributed by atoms with Gasteiger partial charge in [0, 0.05) is 47.4 Å². The molecule has 2 N–H and O–H groups in total. The number of carboxylic acids is 1. The Balaban J connectivity index is 1.66. The molecule has 0 radical (unpaired) electrons. The van der Waals surface area contributed by atoms with Gasteiger partial charge in [0.25, 0.3) is 0 Å². The molecule has 2 fully saturated rings. The predicted octanol–water partition coefficient (Wildman–Crippen LogP) is 5.61. The Morgan fingerprint density at radius 2 is 2.03 bits per heavy atom. The molecule has 0 spiro atoms. The summed E-state index contributed by atoms with van der Waals surface area (Å²) in [5, 5.41) is 18.6. The van der Waals surface area contributed by atoms with Crippen LogP contribution in [0.3, 0.4) is 0 Å². The monoisotopic (exact) mass is 495 g/mol. The zero-order valence-corrected chi connectivity index (χ0v) is 19.9. The molecule has 4 aromatic rings. The van der Waals surface area contributed by atoms with Crippen molar-refractivity contribution >= 4 is 27.8 Å². The number of rotatable bonds is 5. The highest BCUT2D eigenvalue weighted by atomic mass is 19.1. The molecule has 2 atom stereocenters. The summed E-state index contributed by atoms with van der Waals surface area (Å²) in [5.74, 6) is -1.88. The number of methoxy groups -OCH3 is 1. The van der Waals surface area contributed by atoms with Crippen LogP contribution in [0.4, 0.5) is 8.78 Å². The summed E-state index contributed by atoms with van der Waals surface area (Å²) in [6, 6.07) is 8.83. The van der Waals surface area contributed by atoms with Crippen LogP contribution in [0.15, 0.2) is 36.5 Å². The van der Waals surface area contributed by atoms with E-state index in [9.17, 15) is 14.3 Å². The van der Waals surface area contributed by atoms with E-state index >= 15 is 4.39 Å². The third-order valence-electron chi connectivity index (χ3n) is 7.86. The molecule has 2 aliphatic rings. The number of hydrogen-bond acceptors (Lipinski definition) is 4. The zero-order chi connectivity index (χ0) is 25.0. The van der Waals surface area contributed by atoms with Gasteiger partial charge in [-0.2, -0.15) is 5.10 Å². The highest BCUT2D eigenvalue weighted by molar-refractivity contribution is 5.99. The van der Waals surface area contributed by atoms with Crippen LogP contribution in [0.25, 0.3) is 27.5 Å².